The Balaban J connectivity index is 1.86. The van der Waals surface area contributed by atoms with Crippen molar-refractivity contribution in [2.75, 3.05) is 19.0 Å². The summed E-state index contributed by atoms with van der Waals surface area (Å²) in [5.74, 6) is 0.382. The average Bonchev–Trinajstić information content (AvgIpc) is 2.54. The van der Waals surface area contributed by atoms with E-state index < -0.39 is 0 Å². The molecule has 5 nitrogen and oxygen atoms in total. The second-order valence-corrected chi connectivity index (χ2v) is 5.34. The summed E-state index contributed by atoms with van der Waals surface area (Å²) in [4.78, 5) is 11.8. The van der Waals surface area contributed by atoms with E-state index in [0.29, 0.717) is 16.3 Å². The molecule has 2 rings (SSSR count). The number of carbonyl (C=O) groups excluding carboxylic acids is 1. The molecule has 23 heavy (non-hydrogen) atoms. The molecular weight excluding hydrogens is 314 g/mol. The largest absolute Gasteiger partial charge is 0.496 e. The Bertz CT molecular complexity index is 699. The van der Waals surface area contributed by atoms with E-state index in [1.807, 2.05) is 31.2 Å². The first-order valence-corrected chi connectivity index (χ1v) is 7.42. The van der Waals surface area contributed by atoms with Gasteiger partial charge in [0, 0.05) is 16.3 Å². The van der Waals surface area contributed by atoms with Gasteiger partial charge in [0.1, 0.15) is 5.75 Å². The monoisotopic (exact) mass is 331 g/mol. The Morgan fingerprint density at radius 2 is 2.00 bits per heavy atom. The number of ether oxygens (including phenoxy) is 1. The molecule has 0 radical (unpaired) electrons. The van der Waals surface area contributed by atoms with Crippen LogP contribution in [-0.4, -0.2) is 25.8 Å². The van der Waals surface area contributed by atoms with Crippen molar-refractivity contribution in [3.8, 4) is 5.75 Å². The molecule has 0 saturated heterocycles. The molecule has 2 aromatic rings. The SMILES string of the molecule is COc1ccc(Cl)cc1C=NNC(=O)CNc1ccc(C)cc1. The minimum atomic E-state index is -0.247. The number of halogens is 1. The lowest BCUT2D eigenvalue weighted by Gasteiger charge is -2.06. The highest BCUT2D eigenvalue weighted by Gasteiger charge is 2.02. The third-order valence-corrected chi connectivity index (χ3v) is 3.32. The fourth-order valence-corrected chi connectivity index (χ4v) is 2.05. The highest BCUT2D eigenvalue weighted by atomic mass is 35.5. The maximum Gasteiger partial charge on any atom is 0.259 e. The summed E-state index contributed by atoms with van der Waals surface area (Å²) in [5.41, 5.74) is 5.19. The van der Waals surface area contributed by atoms with Gasteiger partial charge in [-0.15, -0.1) is 0 Å². The molecule has 0 atom stereocenters. The Morgan fingerprint density at radius 1 is 1.26 bits per heavy atom. The summed E-state index contributed by atoms with van der Waals surface area (Å²) in [5, 5.41) is 7.50. The zero-order chi connectivity index (χ0) is 16.7. The Labute approximate surface area is 140 Å². The van der Waals surface area contributed by atoms with Gasteiger partial charge in [-0.05, 0) is 37.3 Å². The zero-order valence-electron chi connectivity index (χ0n) is 13.0. The number of hydrogen-bond donors (Lipinski definition) is 2. The summed E-state index contributed by atoms with van der Waals surface area (Å²) in [6.07, 6.45) is 1.49. The first kappa shape index (κ1) is 16.8. The third kappa shape index (κ3) is 5.30. The van der Waals surface area contributed by atoms with Crippen LogP contribution in [0.3, 0.4) is 0 Å². The third-order valence-electron chi connectivity index (χ3n) is 3.09. The minimum Gasteiger partial charge on any atom is -0.496 e. The molecule has 1 amide bonds. The lowest BCUT2D eigenvalue weighted by atomic mass is 10.2. The van der Waals surface area contributed by atoms with Crippen molar-refractivity contribution in [3.63, 3.8) is 0 Å². The number of amides is 1. The van der Waals surface area contributed by atoms with E-state index in [2.05, 4.69) is 15.8 Å². The lowest BCUT2D eigenvalue weighted by Crippen LogP contribution is -2.25. The van der Waals surface area contributed by atoms with Gasteiger partial charge < -0.3 is 10.1 Å². The van der Waals surface area contributed by atoms with Crippen LogP contribution in [0.1, 0.15) is 11.1 Å². The first-order chi connectivity index (χ1) is 11.1. The number of carbonyl (C=O) groups is 1. The zero-order valence-corrected chi connectivity index (χ0v) is 13.7. The quantitative estimate of drug-likeness (QED) is 0.631. The van der Waals surface area contributed by atoms with Crippen molar-refractivity contribution in [2.45, 2.75) is 6.92 Å². The maximum atomic E-state index is 11.8. The molecule has 0 spiro atoms. The highest BCUT2D eigenvalue weighted by molar-refractivity contribution is 6.30. The van der Waals surface area contributed by atoms with Crippen molar-refractivity contribution >= 4 is 29.4 Å². The van der Waals surface area contributed by atoms with Gasteiger partial charge in [-0.25, -0.2) is 5.43 Å². The van der Waals surface area contributed by atoms with Gasteiger partial charge in [0.05, 0.1) is 19.9 Å². The molecule has 2 aromatic carbocycles. The van der Waals surface area contributed by atoms with Gasteiger partial charge in [-0.2, -0.15) is 5.10 Å². The molecule has 6 heteroatoms. The predicted octanol–water partition coefficient (Wildman–Crippen LogP) is 3.22. The second-order valence-electron chi connectivity index (χ2n) is 4.90. The molecule has 0 aliphatic rings. The van der Waals surface area contributed by atoms with Crippen molar-refractivity contribution in [2.24, 2.45) is 5.10 Å². The maximum absolute atomic E-state index is 11.8. The molecule has 0 saturated carbocycles. The summed E-state index contributed by atoms with van der Waals surface area (Å²) < 4.78 is 5.20. The van der Waals surface area contributed by atoms with E-state index in [1.165, 1.54) is 11.8 Å². The summed E-state index contributed by atoms with van der Waals surface area (Å²) in [6, 6.07) is 13.0. The standard InChI is InChI=1S/C17H18ClN3O2/c1-12-3-6-15(7-4-12)19-11-17(22)21-20-10-13-9-14(18)5-8-16(13)23-2/h3-10,19H,11H2,1-2H3,(H,21,22). The van der Waals surface area contributed by atoms with Crippen molar-refractivity contribution in [3.05, 3.63) is 58.6 Å². The van der Waals surface area contributed by atoms with Gasteiger partial charge in [0.2, 0.25) is 0 Å². The average molecular weight is 332 g/mol. The molecule has 2 N–H and O–H groups in total. The normalized spacial score (nSPS) is 10.6. The number of hydrazone groups is 1. The number of anilines is 1. The number of nitrogens with one attached hydrogen (secondary N) is 2. The van der Waals surface area contributed by atoms with Crippen molar-refractivity contribution in [1.82, 2.24) is 5.43 Å². The van der Waals surface area contributed by atoms with E-state index >= 15 is 0 Å². The van der Waals surface area contributed by atoms with Crippen LogP contribution in [0.15, 0.2) is 47.6 Å². The number of benzene rings is 2. The van der Waals surface area contributed by atoms with E-state index in [9.17, 15) is 4.79 Å². The van der Waals surface area contributed by atoms with Crippen molar-refractivity contribution < 1.29 is 9.53 Å². The van der Waals surface area contributed by atoms with Crippen LogP contribution in [-0.2, 0) is 4.79 Å². The van der Waals surface area contributed by atoms with Crippen LogP contribution in [0, 0.1) is 6.92 Å². The smallest absolute Gasteiger partial charge is 0.259 e. The fourth-order valence-electron chi connectivity index (χ4n) is 1.87. The Morgan fingerprint density at radius 3 is 2.70 bits per heavy atom. The highest BCUT2D eigenvalue weighted by Crippen LogP contribution is 2.20. The Hall–Kier alpha value is -2.53. The van der Waals surface area contributed by atoms with Crippen LogP contribution in [0.4, 0.5) is 5.69 Å². The lowest BCUT2D eigenvalue weighted by molar-refractivity contribution is -0.119. The topological polar surface area (TPSA) is 62.7 Å². The van der Waals surface area contributed by atoms with Gasteiger partial charge in [0.15, 0.2) is 0 Å². The minimum absolute atomic E-state index is 0.132. The van der Waals surface area contributed by atoms with Crippen LogP contribution >= 0.6 is 11.6 Å². The van der Waals surface area contributed by atoms with Crippen LogP contribution in [0.5, 0.6) is 5.75 Å². The van der Waals surface area contributed by atoms with E-state index in [-0.39, 0.29) is 12.5 Å². The Kier molecular flexibility index (Phi) is 6.00. The molecule has 0 aliphatic heterocycles. The van der Waals surface area contributed by atoms with E-state index in [4.69, 9.17) is 16.3 Å². The summed E-state index contributed by atoms with van der Waals surface area (Å²) in [7, 11) is 1.56. The number of nitrogens with zero attached hydrogens (tertiary/aromatic N) is 1. The fraction of sp³-hybridized carbons (Fsp3) is 0.176. The van der Waals surface area contributed by atoms with Crippen molar-refractivity contribution in [1.29, 1.82) is 0 Å². The van der Waals surface area contributed by atoms with Gasteiger partial charge in [-0.3, -0.25) is 4.79 Å². The van der Waals surface area contributed by atoms with E-state index in [0.717, 1.165) is 5.69 Å². The molecule has 0 heterocycles. The predicted molar refractivity (Wildman–Crippen MR) is 93.4 cm³/mol. The van der Waals surface area contributed by atoms with Gasteiger partial charge in [0.25, 0.3) is 5.91 Å². The second kappa shape index (κ2) is 8.19. The van der Waals surface area contributed by atoms with Crippen LogP contribution < -0.4 is 15.5 Å². The summed E-state index contributed by atoms with van der Waals surface area (Å²) >= 11 is 5.93. The summed E-state index contributed by atoms with van der Waals surface area (Å²) in [6.45, 7) is 2.14. The molecule has 0 aromatic heterocycles. The molecule has 0 aliphatic carbocycles. The van der Waals surface area contributed by atoms with Crippen LogP contribution in [0.25, 0.3) is 0 Å². The molecular formula is C17H18ClN3O2. The number of hydrogen-bond acceptors (Lipinski definition) is 4. The van der Waals surface area contributed by atoms with Gasteiger partial charge in [-0.1, -0.05) is 29.3 Å². The number of methoxy groups -OCH3 is 1. The molecule has 0 bridgehead atoms. The molecule has 120 valence electrons. The number of aryl methyl sites for hydroxylation is 1. The number of rotatable bonds is 6. The van der Waals surface area contributed by atoms with Crippen LogP contribution in [0.2, 0.25) is 5.02 Å². The first-order valence-electron chi connectivity index (χ1n) is 7.04. The van der Waals surface area contributed by atoms with Gasteiger partial charge >= 0.3 is 0 Å². The van der Waals surface area contributed by atoms with E-state index in [1.54, 1.807) is 25.3 Å². The molecule has 0 unspecified atom stereocenters. The molecule has 0 fully saturated rings.